The molecule has 5 nitrogen and oxygen atoms in total. The lowest BCUT2D eigenvalue weighted by molar-refractivity contribution is 0.706. The Morgan fingerprint density at radius 2 is 2.06 bits per heavy atom. The van der Waals surface area contributed by atoms with E-state index in [1.807, 2.05) is 0 Å². The van der Waals surface area contributed by atoms with E-state index in [1.165, 1.54) is 0 Å². The largest absolute Gasteiger partial charge is 0.311 e. The van der Waals surface area contributed by atoms with Gasteiger partial charge in [-0.25, -0.2) is 5.10 Å². The lowest BCUT2D eigenvalue weighted by Gasteiger charge is -2.09. The maximum atomic E-state index is 12.2. The molecule has 0 spiro atoms. The van der Waals surface area contributed by atoms with Gasteiger partial charge in [-0.15, -0.1) is 0 Å². The van der Waals surface area contributed by atoms with Gasteiger partial charge in [0.15, 0.2) is 0 Å². The fourth-order valence-corrected chi connectivity index (χ4v) is 2.28. The number of hydrogen-bond donors (Lipinski definition) is 1. The van der Waals surface area contributed by atoms with E-state index in [9.17, 15) is 9.59 Å². The van der Waals surface area contributed by atoms with Crippen molar-refractivity contribution in [1.29, 1.82) is 0 Å². The first-order chi connectivity index (χ1) is 8.09. The molecule has 1 aliphatic carbocycles. The Hall–Kier alpha value is -1.91. The summed E-state index contributed by atoms with van der Waals surface area (Å²) in [5.41, 5.74) is 1.07. The first-order valence-electron chi connectivity index (χ1n) is 5.70. The zero-order valence-corrected chi connectivity index (χ0v) is 9.78. The van der Waals surface area contributed by atoms with Crippen LogP contribution in [0.5, 0.6) is 0 Å². The molecule has 0 radical (unpaired) electrons. The molecule has 88 valence electrons. The average molecular weight is 231 g/mol. The third-order valence-electron chi connectivity index (χ3n) is 3.34. The van der Waals surface area contributed by atoms with Gasteiger partial charge in [-0.05, 0) is 26.7 Å². The molecule has 17 heavy (non-hydrogen) atoms. The van der Waals surface area contributed by atoms with Crippen molar-refractivity contribution in [3.8, 4) is 0 Å². The van der Waals surface area contributed by atoms with E-state index in [1.54, 1.807) is 24.6 Å². The van der Waals surface area contributed by atoms with E-state index >= 15 is 0 Å². The number of nitrogens with one attached hydrogen (secondary N) is 1. The Kier molecular flexibility index (Phi) is 1.98. The highest BCUT2D eigenvalue weighted by Gasteiger charge is 2.26. The van der Waals surface area contributed by atoms with Gasteiger partial charge in [-0.2, -0.15) is 5.10 Å². The zero-order chi connectivity index (χ0) is 12.2. The van der Waals surface area contributed by atoms with Gasteiger partial charge >= 0.3 is 0 Å². The van der Waals surface area contributed by atoms with Gasteiger partial charge in [0.1, 0.15) is 0 Å². The third kappa shape index (κ3) is 1.42. The van der Waals surface area contributed by atoms with E-state index < -0.39 is 0 Å². The summed E-state index contributed by atoms with van der Waals surface area (Å²) in [6, 6.07) is 0.276. The summed E-state index contributed by atoms with van der Waals surface area (Å²) < 4.78 is 1.69. The van der Waals surface area contributed by atoms with Gasteiger partial charge in [-0.1, -0.05) is 0 Å². The Balaban J connectivity index is 2.51. The minimum Gasteiger partial charge on any atom is -0.311 e. The highest BCUT2D eigenvalue weighted by atomic mass is 16.1. The highest BCUT2D eigenvalue weighted by molar-refractivity contribution is 5.85. The van der Waals surface area contributed by atoms with Crippen LogP contribution in [0.3, 0.4) is 0 Å². The van der Waals surface area contributed by atoms with E-state index in [2.05, 4.69) is 10.2 Å². The van der Waals surface area contributed by atoms with Crippen LogP contribution in [0.25, 0.3) is 10.8 Å². The number of pyridine rings is 1. The number of rotatable bonds is 1. The number of nitrogens with zero attached hydrogens (tertiary/aromatic N) is 2. The monoisotopic (exact) mass is 231 g/mol. The van der Waals surface area contributed by atoms with Gasteiger partial charge in [0.25, 0.3) is 11.1 Å². The molecule has 1 aliphatic rings. The van der Waals surface area contributed by atoms with Gasteiger partial charge in [0, 0.05) is 23.2 Å². The molecule has 3 rings (SSSR count). The Bertz CT molecular complexity index is 723. The maximum Gasteiger partial charge on any atom is 0.273 e. The lowest BCUT2D eigenvalue weighted by Crippen LogP contribution is -2.24. The molecular weight excluding hydrogens is 218 g/mol. The van der Waals surface area contributed by atoms with Crippen LogP contribution in [-0.2, 0) is 0 Å². The summed E-state index contributed by atoms with van der Waals surface area (Å²) in [4.78, 5) is 23.9. The summed E-state index contributed by atoms with van der Waals surface area (Å²) in [5, 5.41) is 7.62. The number of fused-ring (bicyclic) bond motifs is 1. The molecule has 0 unspecified atom stereocenters. The van der Waals surface area contributed by atoms with Crippen molar-refractivity contribution in [3.63, 3.8) is 0 Å². The van der Waals surface area contributed by atoms with Crippen LogP contribution in [0, 0.1) is 13.8 Å². The third-order valence-corrected chi connectivity index (χ3v) is 3.34. The predicted molar refractivity (Wildman–Crippen MR) is 64.4 cm³/mol. The summed E-state index contributed by atoms with van der Waals surface area (Å²) in [5.74, 6) is 0. The van der Waals surface area contributed by atoms with Crippen LogP contribution in [0.15, 0.2) is 15.8 Å². The average Bonchev–Trinajstić information content (AvgIpc) is 3.11. The van der Waals surface area contributed by atoms with E-state index in [0.29, 0.717) is 22.0 Å². The quantitative estimate of drug-likeness (QED) is 0.797. The molecule has 2 aromatic rings. The van der Waals surface area contributed by atoms with Crippen molar-refractivity contribution in [1.82, 2.24) is 14.8 Å². The fourth-order valence-electron chi connectivity index (χ4n) is 2.28. The van der Waals surface area contributed by atoms with Crippen LogP contribution in [0.1, 0.15) is 30.1 Å². The second kappa shape index (κ2) is 3.29. The Morgan fingerprint density at radius 3 is 2.71 bits per heavy atom. The molecule has 1 saturated carbocycles. The Labute approximate surface area is 97.1 Å². The molecular formula is C12H13N3O2. The summed E-state index contributed by atoms with van der Waals surface area (Å²) in [6.07, 6.45) is 3.72. The smallest absolute Gasteiger partial charge is 0.273 e. The first-order valence-corrected chi connectivity index (χ1v) is 5.70. The van der Waals surface area contributed by atoms with Crippen molar-refractivity contribution in [2.75, 3.05) is 0 Å². The van der Waals surface area contributed by atoms with Crippen LogP contribution in [0.4, 0.5) is 0 Å². The maximum absolute atomic E-state index is 12.2. The van der Waals surface area contributed by atoms with Crippen molar-refractivity contribution >= 4 is 10.8 Å². The first kappa shape index (κ1) is 10.3. The SMILES string of the molecule is Cc1n[nH]c(=O)c2cn(C3CC3)c(=O)c(C)c12. The molecule has 1 N–H and O–H groups in total. The lowest BCUT2D eigenvalue weighted by atomic mass is 10.1. The topological polar surface area (TPSA) is 67.8 Å². The summed E-state index contributed by atoms with van der Waals surface area (Å²) in [7, 11) is 0. The normalized spacial score (nSPS) is 15.4. The minimum absolute atomic E-state index is 0.00417. The van der Waals surface area contributed by atoms with Crippen molar-refractivity contribution in [2.45, 2.75) is 32.7 Å². The predicted octanol–water partition coefficient (Wildman–Crippen LogP) is 1.04. The molecule has 2 heterocycles. The number of hydrogen-bond acceptors (Lipinski definition) is 3. The van der Waals surface area contributed by atoms with Gasteiger partial charge in [0.05, 0.1) is 11.1 Å². The summed E-state index contributed by atoms with van der Waals surface area (Å²) in [6.45, 7) is 3.56. The van der Waals surface area contributed by atoms with Gasteiger partial charge in [0.2, 0.25) is 0 Å². The number of H-pyrrole nitrogens is 1. The second-order valence-corrected chi connectivity index (χ2v) is 4.62. The molecule has 0 amide bonds. The number of aromatic amines is 1. The fraction of sp³-hybridized carbons (Fsp3) is 0.417. The van der Waals surface area contributed by atoms with Gasteiger partial charge in [-0.3, -0.25) is 9.59 Å². The molecule has 0 aromatic carbocycles. The van der Waals surface area contributed by atoms with Gasteiger partial charge < -0.3 is 4.57 Å². The molecule has 1 fully saturated rings. The standard InChI is InChI=1S/C12H13N3O2/c1-6-10-7(2)13-14-11(16)9(10)5-15(12(6)17)8-3-4-8/h5,8H,3-4H2,1-2H3,(H,14,16). The van der Waals surface area contributed by atoms with Crippen molar-refractivity contribution in [3.05, 3.63) is 38.2 Å². The van der Waals surface area contributed by atoms with Crippen molar-refractivity contribution in [2.24, 2.45) is 0 Å². The summed E-state index contributed by atoms with van der Waals surface area (Å²) >= 11 is 0. The molecule has 0 aliphatic heterocycles. The van der Waals surface area contributed by atoms with Crippen LogP contribution >= 0.6 is 0 Å². The van der Waals surface area contributed by atoms with Crippen LogP contribution in [-0.4, -0.2) is 14.8 Å². The zero-order valence-electron chi connectivity index (χ0n) is 9.78. The molecule has 2 aromatic heterocycles. The molecule has 0 saturated heterocycles. The molecule has 5 heteroatoms. The number of aromatic nitrogens is 3. The second-order valence-electron chi connectivity index (χ2n) is 4.62. The minimum atomic E-state index is -0.233. The van der Waals surface area contributed by atoms with E-state index in [0.717, 1.165) is 12.8 Å². The molecule has 0 bridgehead atoms. The van der Waals surface area contributed by atoms with Crippen LogP contribution < -0.4 is 11.1 Å². The molecule has 0 atom stereocenters. The van der Waals surface area contributed by atoms with E-state index in [4.69, 9.17) is 0 Å². The van der Waals surface area contributed by atoms with Crippen LogP contribution in [0.2, 0.25) is 0 Å². The van der Waals surface area contributed by atoms with Crippen molar-refractivity contribution < 1.29 is 0 Å². The highest BCUT2D eigenvalue weighted by Crippen LogP contribution is 2.34. The number of aryl methyl sites for hydroxylation is 2. The van der Waals surface area contributed by atoms with E-state index in [-0.39, 0.29) is 17.2 Å². The Morgan fingerprint density at radius 1 is 1.35 bits per heavy atom.